The van der Waals surface area contributed by atoms with E-state index in [-0.39, 0.29) is 0 Å². The van der Waals surface area contributed by atoms with E-state index in [9.17, 15) is 5.11 Å². The normalized spacial score (nSPS) is 11.7. The van der Waals surface area contributed by atoms with E-state index in [2.05, 4.69) is 10.3 Å². The molecule has 2 aromatic carbocycles. The quantitative estimate of drug-likeness (QED) is 0.548. The lowest BCUT2D eigenvalue weighted by Crippen LogP contribution is -2.21. The minimum atomic E-state index is -0.616. The first-order valence-electron chi connectivity index (χ1n) is 9.41. The molecule has 3 rings (SSSR count). The molecule has 1 atom stereocenters. The molecular formula is C23H26N2O4. The Morgan fingerprint density at radius 3 is 2.52 bits per heavy atom. The number of benzene rings is 2. The van der Waals surface area contributed by atoms with Crippen LogP contribution >= 0.6 is 0 Å². The second kappa shape index (κ2) is 10.5. The lowest BCUT2D eigenvalue weighted by Gasteiger charge is -2.15. The van der Waals surface area contributed by atoms with Gasteiger partial charge in [-0.25, -0.2) is 0 Å². The summed E-state index contributed by atoms with van der Waals surface area (Å²) in [4.78, 5) is 4.00. The van der Waals surface area contributed by atoms with Gasteiger partial charge >= 0.3 is 0 Å². The summed E-state index contributed by atoms with van der Waals surface area (Å²) in [7, 11) is 3.24. The Morgan fingerprint density at radius 2 is 1.76 bits per heavy atom. The maximum Gasteiger partial charge on any atom is 0.161 e. The second-order valence-corrected chi connectivity index (χ2v) is 6.55. The Labute approximate surface area is 171 Å². The number of rotatable bonds is 10. The highest BCUT2D eigenvalue weighted by atomic mass is 16.5. The number of hydrogen-bond donors (Lipinski definition) is 2. The SMILES string of the molecule is COc1cccc(C(O)CNCc2ccc(OCc3ccncc3)c(OC)c2)c1. The molecule has 29 heavy (non-hydrogen) atoms. The summed E-state index contributed by atoms with van der Waals surface area (Å²) >= 11 is 0. The Kier molecular flexibility index (Phi) is 7.44. The summed E-state index contributed by atoms with van der Waals surface area (Å²) in [5, 5.41) is 13.6. The molecule has 1 aromatic heterocycles. The molecule has 0 amide bonds. The third kappa shape index (κ3) is 5.94. The molecule has 0 spiro atoms. The van der Waals surface area contributed by atoms with Crippen molar-refractivity contribution in [2.24, 2.45) is 0 Å². The van der Waals surface area contributed by atoms with E-state index in [0.717, 1.165) is 22.4 Å². The summed E-state index contributed by atoms with van der Waals surface area (Å²) in [6, 6.07) is 17.1. The van der Waals surface area contributed by atoms with E-state index < -0.39 is 6.10 Å². The molecule has 0 aliphatic rings. The minimum Gasteiger partial charge on any atom is -0.497 e. The fraction of sp³-hybridized carbons (Fsp3) is 0.261. The van der Waals surface area contributed by atoms with Crippen molar-refractivity contribution >= 4 is 0 Å². The summed E-state index contributed by atoms with van der Waals surface area (Å²) in [5.74, 6) is 2.09. The maximum absolute atomic E-state index is 10.4. The van der Waals surface area contributed by atoms with Crippen LogP contribution in [0.25, 0.3) is 0 Å². The van der Waals surface area contributed by atoms with E-state index in [0.29, 0.717) is 31.2 Å². The van der Waals surface area contributed by atoms with Gasteiger partial charge in [0, 0.05) is 25.5 Å². The minimum absolute atomic E-state index is 0.426. The van der Waals surface area contributed by atoms with E-state index in [4.69, 9.17) is 14.2 Å². The molecule has 1 unspecified atom stereocenters. The van der Waals surface area contributed by atoms with Gasteiger partial charge in [-0.2, -0.15) is 0 Å². The molecule has 6 heteroatoms. The van der Waals surface area contributed by atoms with E-state index in [1.807, 2.05) is 54.6 Å². The maximum atomic E-state index is 10.4. The Morgan fingerprint density at radius 1 is 0.931 bits per heavy atom. The summed E-state index contributed by atoms with van der Waals surface area (Å²) in [6.07, 6.45) is 2.87. The number of nitrogens with one attached hydrogen (secondary N) is 1. The molecule has 0 aliphatic carbocycles. The van der Waals surface area contributed by atoms with Crippen molar-refractivity contribution in [2.45, 2.75) is 19.3 Å². The Hall–Kier alpha value is -3.09. The van der Waals surface area contributed by atoms with Gasteiger partial charge in [0.25, 0.3) is 0 Å². The largest absolute Gasteiger partial charge is 0.497 e. The van der Waals surface area contributed by atoms with Crippen LogP contribution in [0.3, 0.4) is 0 Å². The summed E-state index contributed by atoms with van der Waals surface area (Å²) in [5.41, 5.74) is 2.89. The molecule has 0 aliphatic heterocycles. The number of methoxy groups -OCH3 is 2. The van der Waals surface area contributed by atoms with Crippen LogP contribution in [0.1, 0.15) is 22.8 Å². The lowest BCUT2D eigenvalue weighted by molar-refractivity contribution is 0.174. The monoisotopic (exact) mass is 394 g/mol. The standard InChI is InChI=1S/C23H26N2O4/c1-27-20-5-3-4-19(13-20)21(26)15-25-14-18-6-7-22(23(12-18)28-2)29-16-17-8-10-24-11-9-17/h3-13,21,25-26H,14-16H2,1-2H3. The van der Waals surface area contributed by atoms with Gasteiger partial charge in [0.1, 0.15) is 12.4 Å². The van der Waals surface area contributed by atoms with Crippen LogP contribution in [0.4, 0.5) is 0 Å². The number of nitrogens with zero attached hydrogens (tertiary/aromatic N) is 1. The predicted molar refractivity (Wildman–Crippen MR) is 111 cm³/mol. The van der Waals surface area contributed by atoms with Crippen LogP contribution in [0, 0.1) is 0 Å². The number of aromatic nitrogens is 1. The zero-order valence-electron chi connectivity index (χ0n) is 16.7. The molecule has 0 saturated carbocycles. The van der Waals surface area contributed by atoms with Gasteiger partial charge in [-0.15, -0.1) is 0 Å². The molecule has 0 fully saturated rings. The van der Waals surface area contributed by atoms with Crippen molar-refractivity contribution in [1.29, 1.82) is 0 Å². The van der Waals surface area contributed by atoms with Crippen LogP contribution in [0.2, 0.25) is 0 Å². The number of hydrogen-bond acceptors (Lipinski definition) is 6. The fourth-order valence-electron chi connectivity index (χ4n) is 2.90. The lowest BCUT2D eigenvalue weighted by atomic mass is 10.1. The van der Waals surface area contributed by atoms with Crippen LogP contribution in [0.5, 0.6) is 17.2 Å². The summed E-state index contributed by atoms with van der Waals surface area (Å²) < 4.78 is 16.5. The van der Waals surface area contributed by atoms with Crippen molar-refractivity contribution in [3.05, 3.63) is 83.7 Å². The first kappa shape index (κ1) is 20.6. The van der Waals surface area contributed by atoms with Crippen molar-refractivity contribution in [3.63, 3.8) is 0 Å². The molecule has 0 bridgehead atoms. The molecule has 0 radical (unpaired) electrons. The average molecular weight is 394 g/mol. The van der Waals surface area contributed by atoms with E-state index in [1.165, 1.54) is 0 Å². The molecular weight excluding hydrogens is 368 g/mol. The molecule has 6 nitrogen and oxygen atoms in total. The smallest absolute Gasteiger partial charge is 0.161 e. The number of aliphatic hydroxyl groups is 1. The van der Waals surface area contributed by atoms with Gasteiger partial charge in [0.2, 0.25) is 0 Å². The fourth-order valence-corrected chi connectivity index (χ4v) is 2.90. The third-order valence-electron chi connectivity index (χ3n) is 4.52. The van der Waals surface area contributed by atoms with Gasteiger partial charge in [-0.1, -0.05) is 18.2 Å². The van der Waals surface area contributed by atoms with Crippen LogP contribution in [0.15, 0.2) is 67.0 Å². The number of aliphatic hydroxyl groups excluding tert-OH is 1. The molecule has 3 aromatic rings. The van der Waals surface area contributed by atoms with Crippen LogP contribution in [-0.2, 0) is 13.2 Å². The summed E-state index contributed by atoms with van der Waals surface area (Å²) in [6.45, 7) is 1.47. The third-order valence-corrected chi connectivity index (χ3v) is 4.52. The Bertz CT molecular complexity index is 902. The first-order chi connectivity index (χ1) is 14.2. The average Bonchev–Trinajstić information content (AvgIpc) is 2.78. The number of ether oxygens (including phenoxy) is 3. The molecule has 0 saturated heterocycles. The zero-order valence-corrected chi connectivity index (χ0v) is 16.7. The van der Waals surface area contributed by atoms with Crippen molar-refractivity contribution in [2.75, 3.05) is 20.8 Å². The second-order valence-electron chi connectivity index (χ2n) is 6.55. The topological polar surface area (TPSA) is 72.8 Å². The highest BCUT2D eigenvalue weighted by molar-refractivity contribution is 5.43. The van der Waals surface area contributed by atoms with Crippen LogP contribution in [-0.4, -0.2) is 30.9 Å². The van der Waals surface area contributed by atoms with E-state index in [1.54, 1.807) is 26.6 Å². The van der Waals surface area contributed by atoms with Crippen molar-refractivity contribution in [1.82, 2.24) is 10.3 Å². The Balaban J connectivity index is 1.54. The van der Waals surface area contributed by atoms with E-state index >= 15 is 0 Å². The molecule has 1 heterocycles. The van der Waals surface area contributed by atoms with Gasteiger partial charge in [-0.3, -0.25) is 4.98 Å². The van der Waals surface area contributed by atoms with Gasteiger partial charge in [0.15, 0.2) is 11.5 Å². The molecule has 152 valence electrons. The predicted octanol–water partition coefficient (Wildman–Crippen LogP) is 3.50. The highest BCUT2D eigenvalue weighted by Crippen LogP contribution is 2.29. The number of pyridine rings is 1. The zero-order chi connectivity index (χ0) is 20.5. The van der Waals surface area contributed by atoms with Gasteiger partial charge in [-0.05, 0) is 53.1 Å². The van der Waals surface area contributed by atoms with Gasteiger partial charge < -0.3 is 24.6 Å². The molecule has 2 N–H and O–H groups in total. The highest BCUT2D eigenvalue weighted by Gasteiger charge is 2.10. The first-order valence-corrected chi connectivity index (χ1v) is 9.41. The van der Waals surface area contributed by atoms with Crippen molar-refractivity contribution in [3.8, 4) is 17.2 Å². The van der Waals surface area contributed by atoms with Crippen molar-refractivity contribution < 1.29 is 19.3 Å². The van der Waals surface area contributed by atoms with Gasteiger partial charge in [0.05, 0.1) is 20.3 Å². The van der Waals surface area contributed by atoms with Crippen LogP contribution < -0.4 is 19.5 Å².